The molecule has 0 amide bonds. The zero-order valence-corrected chi connectivity index (χ0v) is 19.7. The normalized spacial score (nSPS) is 13.2. The summed E-state index contributed by atoms with van der Waals surface area (Å²) in [6.07, 6.45) is 1.80. The molecule has 0 N–H and O–H groups in total. The van der Waals surface area contributed by atoms with Gasteiger partial charge in [0.25, 0.3) is 0 Å². The number of carbonyl (C=O) groups is 1. The standard InChI is InChI=1S/C24H24N4O4S/c1-5-32-23(29)19(13-16-6-11-21(31-4)15(2)12-16)20-14-33-24-26-25-22(28(24)27-20)17-7-9-18(30-3)10-8-17/h6-13H,5,14H2,1-4H3/b19-13-. The third kappa shape index (κ3) is 4.78. The Hall–Kier alpha value is -3.59. The van der Waals surface area contributed by atoms with E-state index in [9.17, 15) is 4.79 Å². The van der Waals surface area contributed by atoms with Crippen molar-refractivity contribution in [2.75, 3.05) is 26.6 Å². The Labute approximate surface area is 196 Å². The van der Waals surface area contributed by atoms with Crippen LogP contribution in [0.5, 0.6) is 11.5 Å². The molecule has 1 aromatic heterocycles. The quantitative estimate of drug-likeness (QED) is 0.382. The number of esters is 1. The van der Waals surface area contributed by atoms with Gasteiger partial charge in [-0.2, -0.15) is 9.78 Å². The van der Waals surface area contributed by atoms with Gasteiger partial charge in [0, 0.05) is 11.3 Å². The number of aromatic nitrogens is 3. The summed E-state index contributed by atoms with van der Waals surface area (Å²) in [5.74, 6) is 2.17. The molecule has 0 saturated heterocycles. The number of thioether (sulfide) groups is 1. The highest BCUT2D eigenvalue weighted by Gasteiger charge is 2.25. The smallest absolute Gasteiger partial charge is 0.340 e. The molecule has 3 aromatic rings. The van der Waals surface area contributed by atoms with Gasteiger partial charge in [-0.3, -0.25) is 0 Å². The summed E-state index contributed by atoms with van der Waals surface area (Å²) in [6, 6.07) is 13.2. The first-order valence-corrected chi connectivity index (χ1v) is 11.4. The molecule has 9 heteroatoms. The van der Waals surface area contributed by atoms with Gasteiger partial charge in [0.15, 0.2) is 5.82 Å². The molecule has 170 valence electrons. The maximum Gasteiger partial charge on any atom is 0.340 e. The molecular formula is C24H24N4O4S. The predicted molar refractivity (Wildman–Crippen MR) is 128 cm³/mol. The van der Waals surface area contributed by atoms with Crippen LogP contribution in [0, 0.1) is 6.92 Å². The van der Waals surface area contributed by atoms with Gasteiger partial charge in [-0.1, -0.05) is 17.8 Å². The third-order valence-electron chi connectivity index (χ3n) is 5.06. The monoisotopic (exact) mass is 464 g/mol. The molecule has 0 saturated carbocycles. The molecule has 0 spiro atoms. The van der Waals surface area contributed by atoms with Crippen LogP contribution in [0.15, 0.2) is 58.3 Å². The van der Waals surface area contributed by atoms with Gasteiger partial charge in [-0.05, 0) is 67.4 Å². The van der Waals surface area contributed by atoms with Crippen LogP contribution in [0.1, 0.15) is 18.1 Å². The average molecular weight is 465 g/mol. The molecule has 2 aromatic carbocycles. The molecule has 0 atom stereocenters. The van der Waals surface area contributed by atoms with E-state index in [1.165, 1.54) is 11.8 Å². The summed E-state index contributed by atoms with van der Waals surface area (Å²) < 4.78 is 17.6. The zero-order valence-electron chi connectivity index (χ0n) is 18.9. The van der Waals surface area contributed by atoms with E-state index in [1.54, 1.807) is 31.9 Å². The molecule has 8 nitrogen and oxygen atoms in total. The van der Waals surface area contributed by atoms with Crippen LogP contribution >= 0.6 is 11.8 Å². The number of rotatable bonds is 7. The summed E-state index contributed by atoms with van der Waals surface area (Å²) in [7, 11) is 3.25. The summed E-state index contributed by atoms with van der Waals surface area (Å²) in [5.41, 5.74) is 3.65. The summed E-state index contributed by atoms with van der Waals surface area (Å²) in [4.78, 5) is 12.9. The van der Waals surface area contributed by atoms with Gasteiger partial charge in [0.05, 0.1) is 32.1 Å². The van der Waals surface area contributed by atoms with E-state index in [-0.39, 0.29) is 6.61 Å². The number of carbonyl (C=O) groups excluding carboxylic acids is 1. The number of nitrogens with zero attached hydrogens (tertiary/aromatic N) is 4. The number of aryl methyl sites for hydroxylation is 1. The van der Waals surface area contributed by atoms with Crippen molar-refractivity contribution in [3.8, 4) is 22.9 Å². The first kappa shape index (κ1) is 22.6. The summed E-state index contributed by atoms with van der Waals surface area (Å²) >= 11 is 1.47. The lowest BCUT2D eigenvalue weighted by molar-refractivity contribution is -0.137. The molecule has 0 fully saturated rings. The Morgan fingerprint density at radius 1 is 1.12 bits per heavy atom. The molecule has 0 bridgehead atoms. The topological polar surface area (TPSA) is 87.8 Å². The van der Waals surface area contributed by atoms with Crippen molar-refractivity contribution in [2.45, 2.75) is 19.0 Å². The largest absolute Gasteiger partial charge is 0.497 e. The van der Waals surface area contributed by atoms with Crippen molar-refractivity contribution in [3.05, 3.63) is 59.2 Å². The van der Waals surface area contributed by atoms with Gasteiger partial charge >= 0.3 is 5.97 Å². The van der Waals surface area contributed by atoms with Crippen LogP contribution in [0.2, 0.25) is 0 Å². The van der Waals surface area contributed by atoms with Crippen molar-refractivity contribution >= 4 is 29.5 Å². The minimum absolute atomic E-state index is 0.271. The Balaban J connectivity index is 1.76. The summed E-state index contributed by atoms with van der Waals surface area (Å²) in [6.45, 7) is 4.01. The Morgan fingerprint density at radius 2 is 1.91 bits per heavy atom. The van der Waals surface area contributed by atoms with E-state index in [0.29, 0.717) is 28.0 Å². The zero-order chi connectivity index (χ0) is 23.4. The minimum Gasteiger partial charge on any atom is -0.497 e. The first-order chi connectivity index (χ1) is 16.0. The fraction of sp³-hybridized carbons (Fsp3) is 0.250. The van der Waals surface area contributed by atoms with E-state index < -0.39 is 5.97 Å². The van der Waals surface area contributed by atoms with E-state index in [0.717, 1.165) is 28.2 Å². The van der Waals surface area contributed by atoms with Gasteiger partial charge < -0.3 is 14.2 Å². The molecule has 1 aliphatic heterocycles. The lowest BCUT2D eigenvalue weighted by Crippen LogP contribution is -2.21. The van der Waals surface area contributed by atoms with Crippen molar-refractivity contribution < 1.29 is 19.0 Å². The highest BCUT2D eigenvalue weighted by atomic mass is 32.2. The molecule has 0 aliphatic carbocycles. The Bertz CT molecular complexity index is 1230. The van der Waals surface area contributed by atoms with Gasteiger partial charge in [0.2, 0.25) is 5.16 Å². The Morgan fingerprint density at radius 3 is 2.58 bits per heavy atom. The number of benzene rings is 2. The third-order valence-corrected chi connectivity index (χ3v) is 5.99. The number of fused-ring (bicyclic) bond motifs is 1. The average Bonchev–Trinajstić information content (AvgIpc) is 3.26. The number of methoxy groups -OCH3 is 2. The van der Waals surface area contributed by atoms with Crippen LogP contribution in [0.25, 0.3) is 17.5 Å². The van der Waals surface area contributed by atoms with E-state index in [1.807, 2.05) is 49.4 Å². The number of hydrogen-bond donors (Lipinski definition) is 0. The van der Waals surface area contributed by atoms with Gasteiger partial charge in [0.1, 0.15) is 11.5 Å². The molecule has 2 heterocycles. The highest BCUT2D eigenvalue weighted by molar-refractivity contribution is 7.99. The van der Waals surface area contributed by atoms with Crippen LogP contribution in [-0.4, -0.2) is 53.1 Å². The number of ether oxygens (including phenoxy) is 3. The second-order valence-corrected chi connectivity index (χ2v) is 8.13. The van der Waals surface area contributed by atoms with Gasteiger partial charge in [-0.15, -0.1) is 10.2 Å². The molecule has 1 aliphatic rings. The predicted octanol–water partition coefficient (Wildman–Crippen LogP) is 4.23. The van der Waals surface area contributed by atoms with Crippen molar-refractivity contribution in [2.24, 2.45) is 5.10 Å². The van der Waals surface area contributed by atoms with E-state index in [4.69, 9.17) is 19.3 Å². The molecular weight excluding hydrogens is 440 g/mol. The molecule has 33 heavy (non-hydrogen) atoms. The lowest BCUT2D eigenvalue weighted by atomic mass is 10.0. The fourth-order valence-corrected chi connectivity index (χ4v) is 4.23. The SMILES string of the molecule is CCOC(=O)/C(=C\c1ccc(OC)c(C)c1)C1=Nn2c(nnc2-c2ccc(OC)cc2)SC1. The lowest BCUT2D eigenvalue weighted by Gasteiger charge is -2.16. The second-order valence-electron chi connectivity index (χ2n) is 7.19. The van der Waals surface area contributed by atoms with Crippen LogP contribution in [-0.2, 0) is 9.53 Å². The van der Waals surface area contributed by atoms with Crippen LogP contribution in [0.3, 0.4) is 0 Å². The van der Waals surface area contributed by atoms with Crippen LogP contribution in [0.4, 0.5) is 0 Å². The first-order valence-electron chi connectivity index (χ1n) is 10.4. The second kappa shape index (κ2) is 9.91. The van der Waals surface area contributed by atoms with Crippen molar-refractivity contribution in [1.82, 2.24) is 14.9 Å². The van der Waals surface area contributed by atoms with Crippen LogP contribution < -0.4 is 9.47 Å². The maximum absolute atomic E-state index is 12.9. The molecule has 0 radical (unpaired) electrons. The highest BCUT2D eigenvalue weighted by Crippen LogP contribution is 2.30. The Kier molecular flexibility index (Phi) is 6.79. The molecule has 0 unspecified atom stereocenters. The van der Waals surface area contributed by atoms with Crippen molar-refractivity contribution in [1.29, 1.82) is 0 Å². The maximum atomic E-state index is 12.9. The molecule has 4 rings (SSSR count). The number of hydrogen-bond acceptors (Lipinski definition) is 8. The van der Waals surface area contributed by atoms with Crippen molar-refractivity contribution in [3.63, 3.8) is 0 Å². The minimum atomic E-state index is -0.423. The van der Waals surface area contributed by atoms with E-state index >= 15 is 0 Å². The summed E-state index contributed by atoms with van der Waals surface area (Å²) in [5, 5.41) is 14.0. The van der Waals surface area contributed by atoms with Gasteiger partial charge in [-0.25, -0.2) is 4.79 Å². The van der Waals surface area contributed by atoms with E-state index in [2.05, 4.69) is 10.2 Å². The fourth-order valence-electron chi connectivity index (χ4n) is 3.41.